The van der Waals surface area contributed by atoms with Crippen LogP contribution in [0.15, 0.2) is 0 Å². The van der Waals surface area contributed by atoms with Crippen LogP contribution in [0.1, 0.15) is 27.2 Å². The third kappa shape index (κ3) is 6.80. The van der Waals surface area contributed by atoms with Gasteiger partial charge in [0.15, 0.2) is 0 Å². The maximum absolute atomic E-state index is 10.9. The lowest BCUT2D eigenvalue weighted by molar-refractivity contribution is 0.537. The average Bonchev–Trinajstić information content (AvgIpc) is 1.97. The molecule has 0 aliphatic carbocycles. The van der Waals surface area contributed by atoms with E-state index in [0.717, 1.165) is 19.0 Å². The second-order valence-electron chi connectivity index (χ2n) is 3.70. The van der Waals surface area contributed by atoms with Crippen LogP contribution in [0.3, 0.4) is 0 Å². The largest absolute Gasteiger partial charge is 0.316 e. The molecule has 0 heterocycles. The van der Waals surface area contributed by atoms with Crippen molar-refractivity contribution in [2.45, 2.75) is 32.4 Å². The Bertz CT molecular complexity index is 136. The van der Waals surface area contributed by atoms with Crippen molar-refractivity contribution in [2.24, 2.45) is 5.92 Å². The molecule has 0 aromatic heterocycles. The van der Waals surface area contributed by atoms with E-state index in [1.165, 1.54) is 6.42 Å². The molecule has 0 aliphatic rings. The van der Waals surface area contributed by atoms with E-state index in [9.17, 15) is 4.21 Å². The summed E-state index contributed by atoms with van der Waals surface area (Å²) in [7, 11) is -0.687. The molecule has 3 heteroatoms. The molecule has 0 bridgehead atoms. The van der Waals surface area contributed by atoms with Crippen molar-refractivity contribution in [3.63, 3.8) is 0 Å². The van der Waals surface area contributed by atoms with Crippen LogP contribution in [0.25, 0.3) is 0 Å². The highest BCUT2D eigenvalue weighted by atomic mass is 32.2. The summed E-state index contributed by atoms with van der Waals surface area (Å²) in [5.74, 6) is 0.750. The van der Waals surface area contributed by atoms with Crippen molar-refractivity contribution in [3.8, 4) is 0 Å². The quantitative estimate of drug-likeness (QED) is 0.643. The zero-order valence-electron chi connectivity index (χ0n) is 8.59. The molecule has 2 nitrogen and oxygen atoms in total. The first kappa shape index (κ1) is 12.1. The second-order valence-corrected chi connectivity index (χ2v) is 5.50. The molecule has 0 aliphatic heterocycles. The lowest BCUT2D eigenvalue weighted by Gasteiger charge is -2.10. The standard InChI is InChI=1S/C9H21NOS/c1-8(2)5-6-10-7-9(3)12(4)11/h8-10H,5-7H2,1-4H3. The van der Waals surface area contributed by atoms with Gasteiger partial charge in [0.2, 0.25) is 0 Å². The fourth-order valence-corrected chi connectivity index (χ4v) is 1.17. The van der Waals surface area contributed by atoms with E-state index in [4.69, 9.17) is 0 Å². The van der Waals surface area contributed by atoms with Gasteiger partial charge in [-0.25, -0.2) is 0 Å². The Kier molecular flexibility index (Phi) is 6.67. The van der Waals surface area contributed by atoms with Gasteiger partial charge >= 0.3 is 0 Å². The Morgan fingerprint density at radius 1 is 1.33 bits per heavy atom. The molecule has 2 unspecified atom stereocenters. The van der Waals surface area contributed by atoms with Gasteiger partial charge in [0.25, 0.3) is 0 Å². The van der Waals surface area contributed by atoms with Gasteiger partial charge in [-0.15, -0.1) is 0 Å². The van der Waals surface area contributed by atoms with Gasteiger partial charge < -0.3 is 5.32 Å². The number of rotatable bonds is 6. The SMILES string of the molecule is CC(C)CCNCC(C)S(C)=O. The summed E-state index contributed by atoms with van der Waals surface area (Å²) in [6.07, 6.45) is 2.96. The van der Waals surface area contributed by atoms with Crippen LogP contribution >= 0.6 is 0 Å². The predicted octanol–water partition coefficient (Wildman–Crippen LogP) is 1.39. The molecule has 0 amide bonds. The van der Waals surface area contributed by atoms with Gasteiger partial charge in [-0.1, -0.05) is 13.8 Å². The Labute approximate surface area is 78.6 Å². The Morgan fingerprint density at radius 3 is 2.33 bits per heavy atom. The number of nitrogens with one attached hydrogen (secondary N) is 1. The highest BCUT2D eigenvalue weighted by Crippen LogP contribution is 1.96. The smallest absolute Gasteiger partial charge is 0.0441 e. The fourth-order valence-electron chi connectivity index (χ4n) is 0.813. The van der Waals surface area contributed by atoms with Gasteiger partial charge in [-0.05, 0) is 25.8 Å². The lowest BCUT2D eigenvalue weighted by Crippen LogP contribution is -2.28. The molecule has 0 fully saturated rings. The van der Waals surface area contributed by atoms with E-state index in [1.54, 1.807) is 6.26 Å². The zero-order chi connectivity index (χ0) is 9.56. The molecule has 74 valence electrons. The van der Waals surface area contributed by atoms with Crippen LogP contribution in [0.2, 0.25) is 0 Å². The molecule has 12 heavy (non-hydrogen) atoms. The van der Waals surface area contributed by atoms with E-state index in [1.807, 2.05) is 6.92 Å². The van der Waals surface area contributed by atoms with Gasteiger partial charge in [0, 0.05) is 28.9 Å². The number of hydrogen-bond acceptors (Lipinski definition) is 2. The van der Waals surface area contributed by atoms with Crippen molar-refractivity contribution in [3.05, 3.63) is 0 Å². The zero-order valence-corrected chi connectivity index (χ0v) is 9.41. The minimum atomic E-state index is -0.687. The fraction of sp³-hybridized carbons (Fsp3) is 1.00. The van der Waals surface area contributed by atoms with Crippen molar-refractivity contribution in [2.75, 3.05) is 19.3 Å². The summed E-state index contributed by atoms with van der Waals surface area (Å²) in [6, 6.07) is 0. The number of hydrogen-bond donors (Lipinski definition) is 1. The first-order valence-electron chi connectivity index (χ1n) is 4.57. The van der Waals surface area contributed by atoms with Gasteiger partial charge in [-0.2, -0.15) is 0 Å². The summed E-state index contributed by atoms with van der Waals surface area (Å²) >= 11 is 0. The van der Waals surface area contributed by atoms with Crippen molar-refractivity contribution >= 4 is 10.8 Å². The van der Waals surface area contributed by atoms with Gasteiger partial charge in [-0.3, -0.25) is 4.21 Å². The van der Waals surface area contributed by atoms with Crippen LogP contribution in [-0.2, 0) is 10.8 Å². The van der Waals surface area contributed by atoms with E-state index in [2.05, 4.69) is 19.2 Å². The van der Waals surface area contributed by atoms with E-state index in [-0.39, 0.29) is 5.25 Å². The Balaban J connectivity index is 3.25. The molecule has 1 N–H and O–H groups in total. The van der Waals surface area contributed by atoms with E-state index in [0.29, 0.717) is 0 Å². The molecule has 0 aromatic carbocycles. The molecule has 0 spiro atoms. The van der Waals surface area contributed by atoms with Crippen LogP contribution in [0, 0.1) is 5.92 Å². The predicted molar refractivity (Wildman–Crippen MR) is 55.9 cm³/mol. The minimum Gasteiger partial charge on any atom is -0.316 e. The molecule has 0 radical (unpaired) electrons. The third-order valence-corrected chi connectivity index (χ3v) is 3.20. The van der Waals surface area contributed by atoms with Crippen LogP contribution in [-0.4, -0.2) is 28.8 Å². The maximum atomic E-state index is 10.9. The lowest BCUT2D eigenvalue weighted by atomic mass is 10.1. The van der Waals surface area contributed by atoms with E-state index < -0.39 is 10.8 Å². The highest BCUT2D eigenvalue weighted by Gasteiger charge is 2.04. The first-order valence-corrected chi connectivity index (χ1v) is 6.19. The summed E-state index contributed by atoms with van der Waals surface area (Å²) in [5, 5.41) is 3.58. The van der Waals surface area contributed by atoms with Crippen LogP contribution in [0.5, 0.6) is 0 Å². The molecule has 0 aromatic rings. The normalized spacial score (nSPS) is 16.4. The molecule has 0 saturated carbocycles. The molecule has 2 atom stereocenters. The topological polar surface area (TPSA) is 29.1 Å². The minimum absolute atomic E-state index is 0.275. The third-order valence-electron chi connectivity index (χ3n) is 1.90. The van der Waals surface area contributed by atoms with Gasteiger partial charge in [0.1, 0.15) is 0 Å². The summed E-state index contributed by atoms with van der Waals surface area (Å²) < 4.78 is 10.9. The maximum Gasteiger partial charge on any atom is 0.0441 e. The van der Waals surface area contributed by atoms with Crippen LogP contribution in [0.4, 0.5) is 0 Å². The molecule has 0 saturated heterocycles. The van der Waals surface area contributed by atoms with Crippen molar-refractivity contribution < 1.29 is 4.21 Å². The Hall–Kier alpha value is 0.110. The van der Waals surface area contributed by atoms with Crippen molar-refractivity contribution in [1.29, 1.82) is 0 Å². The monoisotopic (exact) mass is 191 g/mol. The highest BCUT2D eigenvalue weighted by molar-refractivity contribution is 7.84. The Morgan fingerprint density at radius 2 is 1.92 bits per heavy atom. The summed E-state index contributed by atoms with van der Waals surface area (Å²) in [6.45, 7) is 8.35. The van der Waals surface area contributed by atoms with Crippen molar-refractivity contribution in [1.82, 2.24) is 5.32 Å². The summed E-state index contributed by atoms with van der Waals surface area (Å²) in [4.78, 5) is 0. The molecule has 0 rings (SSSR count). The molecular formula is C9H21NOS. The average molecular weight is 191 g/mol. The van der Waals surface area contributed by atoms with E-state index >= 15 is 0 Å². The molecular weight excluding hydrogens is 170 g/mol. The first-order chi connectivity index (χ1) is 5.54. The van der Waals surface area contributed by atoms with Crippen LogP contribution < -0.4 is 5.32 Å². The second kappa shape index (κ2) is 6.61. The van der Waals surface area contributed by atoms with Gasteiger partial charge in [0.05, 0.1) is 0 Å². The summed E-state index contributed by atoms with van der Waals surface area (Å²) in [5.41, 5.74) is 0.